The summed E-state index contributed by atoms with van der Waals surface area (Å²) in [5.41, 5.74) is 5.49. The Labute approximate surface area is 205 Å². The molecule has 0 aliphatic carbocycles. The van der Waals surface area contributed by atoms with Crippen molar-refractivity contribution in [2.24, 2.45) is 0 Å². The van der Waals surface area contributed by atoms with Gasteiger partial charge in [0.2, 0.25) is 0 Å². The molecule has 1 aliphatic heterocycles. The summed E-state index contributed by atoms with van der Waals surface area (Å²) in [6, 6.07) is 24.7. The quantitative estimate of drug-likeness (QED) is 0.279. The number of aromatic nitrogens is 3. The van der Waals surface area contributed by atoms with Crippen molar-refractivity contribution in [3.63, 3.8) is 0 Å². The fourth-order valence-electron chi connectivity index (χ4n) is 4.63. The van der Waals surface area contributed by atoms with Gasteiger partial charge in [-0.05, 0) is 74.1 Å². The number of anilines is 1. The van der Waals surface area contributed by atoms with Crippen molar-refractivity contribution in [3.8, 4) is 5.69 Å². The van der Waals surface area contributed by atoms with Crippen LogP contribution in [0.2, 0.25) is 0 Å². The Morgan fingerprint density at radius 1 is 0.971 bits per heavy atom. The number of nitrogens with zero attached hydrogens (tertiary/aromatic N) is 4. The Bertz CT molecular complexity index is 1230. The van der Waals surface area contributed by atoms with Crippen molar-refractivity contribution >= 4 is 23.0 Å². The Hall–Kier alpha value is -3.71. The zero-order chi connectivity index (χ0) is 23.3. The highest BCUT2D eigenvalue weighted by atomic mass is 32.1. The molecule has 0 saturated carbocycles. The van der Waals surface area contributed by atoms with Gasteiger partial charge in [-0.3, -0.25) is 9.97 Å². The lowest BCUT2D eigenvalue weighted by Gasteiger charge is -2.29. The molecular formula is C27H28N6S. The second-order valence-electron chi connectivity index (χ2n) is 8.41. The fraction of sp³-hybridized carbons (Fsp3) is 0.222. The van der Waals surface area contributed by atoms with Gasteiger partial charge in [0, 0.05) is 42.6 Å². The molecule has 1 aromatic carbocycles. The molecule has 3 aromatic heterocycles. The lowest BCUT2D eigenvalue weighted by atomic mass is 10.0. The van der Waals surface area contributed by atoms with Crippen molar-refractivity contribution in [2.45, 2.75) is 25.4 Å². The highest BCUT2D eigenvalue weighted by molar-refractivity contribution is 7.80. The van der Waals surface area contributed by atoms with Crippen molar-refractivity contribution < 1.29 is 0 Å². The number of benzene rings is 1. The van der Waals surface area contributed by atoms with E-state index in [9.17, 15) is 0 Å². The predicted octanol–water partition coefficient (Wildman–Crippen LogP) is 5.05. The topological polar surface area (TPSA) is 58.0 Å². The van der Waals surface area contributed by atoms with E-state index in [2.05, 4.69) is 73.4 Å². The molecule has 7 heteroatoms. The standard InChI is InChI=1S/C27H28N6S/c1-20-13-14-24(33(20)22-11-7-15-28-19-22)26-25(23-12-5-6-16-30-23)31-27(34)32(26)18-8-17-29-21-9-3-2-4-10-21/h2-7,9-16,19,25-26,29H,8,17-18H2,1H3,(H,31,34)/t25-,26+/m1/s1. The second kappa shape index (κ2) is 10.1. The lowest BCUT2D eigenvalue weighted by Crippen LogP contribution is -2.32. The van der Waals surface area contributed by atoms with Gasteiger partial charge in [0.25, 0.3) is 0 Å². The van der Waals surface area contributed by atoms with Crippen LogP contribution in [0.15, 0.2) is 91.4 Å². The zero-order valence-electron chi connectivity index (χ0n) is 19.1. The Morgan fingerprint density at radius 2 is 1.82 bits per heavy atom. The molecular weight excluding hydrogens is 440 g/mol. The predicted molar refractivity (Wildman–Crippen MR) is 140 cm³/mol. The van der Waals surface area contributed by atoms with E-state index in [1.54, 1.807) is 6.20 Å². The van der Waals surface area contributed by atoms with Crippen molar-refractivity contribution in [3.05, 3.63) is 108 Å². The van der Waals surface area contributed by atoms with Gasteiger partial charge in [0.15, 0.2) is 5.11 Å². The molecule has 1 saturated heterocycles. The molecule has 1 fully saturated rings. The van der Waals surface area contributed by atoms with Gasteiger partial charge >= 0.3 is 0 Å². The molecule has 4 heterocycles. The Balaban J connectivity index is 1.45. The molecule has 34 heavy (non-hydrogen) atoms. The smallest absolute Gasteiger partial charge is 0.170 e. The van der Waals surface area contributed by atoms with Gasteiger partial charge in [0.1, 0.15) is 0 Å². The monoisotopic (exact) mass is 468 g/mol. The first kappa shape index (κ1) is 22.1. The van der Waals surface area contributed by atoms with Crippen LogP contribution in [0.3, 0.4) is 0 Å². The minimum atomic E-state index is -0.0412. The van der Waals surface area contributed by atoms with Gasteiger partial charge in [-0.2, -0.15) is 0 Å². The van der Waals surface area contributed by atoms with Crippen LogP contribution in [0.25, 0.3) is 5.69 Å². The SMILES string of the molecule is Cc1ccc([C@H]2[C@@H](c3ccccn3)NC(=S)N2CCCNc2ccccc2)n1-c1cccnc1. The summed E-state index contributed by atoms with van der Waals surface area (Å²) in [4.78, 5) is 11.3. The largest absolute Gasteiger partial charge is 0.385 e. The number of rotatable bonds is 8. The number of hydrogen-bond acceptors (Lipinski definition) is 4. The number of hydrogen-bond donors (Lipinski definition) is 2. The van der Waals surface area contributed by atoms with Crippen LogP contribution in [0, 0.1) is 6.92 Å². The fourth-order valence-corrected chi connectivity index (χ4v) is 4.97. The summed E-state index contributed by atoms with van der Waals surface area (Å²) >= 11 is 5.85. The Kier molecular flexibility index (Phi) is 6.53. The zero-order valence-corrected chi connectivity index (χ0v) is 19.9. The van der Waals surface area contributed by atoms with Crippen LogP contribution in [0.1, 0.15) is 35.6 Å². The number of pyridine rings is 2. The highest BCUT2D eigenvalue weighted by Crippen LogP contribution is 2.40. The van der Waals surface area contributed by atoms with E-state index in [0.717, 1.165) is 47.4 Å². The molecule has 4 aromatic rings. The van der Waals surface area contributed by atoms with E-state index in [4.69, 9.17) is 12.2 Å². The average molecular weight is 469 g/mol. The minimum Gasteiger partial charge on any atom is -0.385 e. The summed E-state index contributed by atoms with van der Waals surface area (Å²) in [7, 11) is 0. The first-order chi connectivity index (χ1) is 16.7. The first-order valence-corrected chi connectivity index (χ1v) is 12.0. The van der Waals surface area contributed by atoms with Crippen LogP contribution in [-0.4, -0.2) is 37.6 Å². The number of thiocarbonyl (C=S) groups is 1. The van der Waals surface area contributed by atoms with Crippen molar-refractivity contribution in [1.82, 2.24) is 24.8 Å². The minimum absolute atomic E-state index is 0.00744. The molecule has 0 unspecified atom stereocenters. The molecule has 2 atom stereocenters. The summed E-state index contributed by atoms with van der Waals surface area (Å²) in [6.45, 7) is 3.82. The molecule has 6 nitrogen and oxygen atoms in total. The molecule has 2 N–H and O–H groups in total. The maximum absolute atomic E-state index is 5.85. The number of nitrogens with one attached hydrogen (secondary N) is 2. The third kappa shape index (κ3) is 4.52. The van der Waals surface area contributed by atoms with E-state index in [-0.39, 0.29) is 12.1 Å². The third-order valence-electron chi connectivity index (χ3n) is 6.19. The summed E-state index contributed by atoms with van der Waals surface area (Å²) < 4.78 is 2.28. The summed E-state index contributed by atoms with van der Waals surface area (Å²) in [6.07, 6.45) is 6.50. The molecule has 0 bridgehead atoms. The third-order valence-corrected chi connectivity index (χ3v) is 6.54. The van der Waals surface area contributed by atoms with Crippen LogP contribution < -0.4 is 10.6 Å². The normalized spacial score (nSPS) is 17.6. The lowest BCUT2D eigenvalue weighted by molar-refractivity contribution is 0.307. The van der Waals surface area contributed by atoms with Crippen LogP contribution in [0.4, 0.5) is 5.69 Å². The van der Waals surface area contributed by atoms with Crippen LogP contribution >= 0.6 is 12.2 Å². The first-order valence-electron chi connectivity index (χ1n) is 11.6. The average Bonchev–Trinajstić information content (AvgIpc) is 3.42. The molecule has 0 amide bonds. The number of aryl methyl sites for hydroxylation is 1. The maximum atomic E-state index is 5.85. The Morgan fingerprint density at radius 3 is 2.59 bits per heavy atom. The van der Waals surface area contributed by atoms with Gasteiger partial charge < -0.3 is 20.1 Å². The van der Waals surface area contributed by atoms with Crippen molar-refractivity contribution in [2.75, 3.05) is 18.4 Å². The molecule has 0 radical (unpaired) electrons. The molecule has 1 aliphatic rings. The van der Waals surface area contributed by atoms with Crippen LogP contribution in [-0.2, 0) is 0 Å². The van der Waals surface area contributed by atoms with Crippen molar-refractivity contribution in [1.29, 1.82) is 0 Å². The van der Waals surface area contributed by atoms with E-state index in [1.165, 1.54) is 5.69 Å². The number of para-hydroxylation sites is 1. The highest BCUT2D eigenvalue weighted by Gasteiger charge is 2.41. The second-order valence-corrected chi connectivity index (χ2v) is 8.80. The van der Waals surface area contributed by atoms with Crippen LogP contribution in [0.5, 0.6) is 0 Å². The molecule has 172 valence electrons. The maximum Gasteiger partial charge on any atom is 0.170 e. The van der Waals surface area contributed by atoms with E-state index >= 15 is 0 Å². The molecule has 5 rings (SSSR count). The molecule has 0 spiro atoms. The summed E-state index contributed by atoms with van der Waals surface area (Å²) in [5.74, 6) is 0. The van der Waals surface area contributed by atoms with E-state index < -0.39 is 0 Å². The van der Waals surface area contributed by atoms with Gasteiger partial charge in [-0.25, -0.2) is 0 Å². The van der Waals surface area contributed by atoms with Gasteiger partial charge in [-0.1, -0.05) is 24.3 Å². The van der Waals surface area contributed by atoms with E-state index in [1.807, 2.05) is 48.8 Å². The van der Waals surface area contributed by atoms with Gasteiger partial charge in [-0.15, -0.1) is 0 Å². The van der Waals surface area contributed by atoms with E-state index in [0.29, 0.717) is 0 Å². The summed E-state index contributed by atoms with van der Waals surface area (Å²) in [5, 5.41) is 7.83. The van der Waals surface area contributed by atoms with Gasteiger partial charge in [0.05, 0.1) is 29.7 Å².